The van der Waals surface area contributed by atoms with Gasteiger partial charge in [-0.15, -0.1) is 11.3 Å². The number of carbonyl (C=O) groups is 1. The molecule has 0 saturated carbocycles. The summed E-state index contributed by atoms with van der Waals surface area (Å²) in [4.78, 5) is 12.5. The Morgan fingerprint density at radius 2 is 1.81 bits per heavy atom. The van der Waals surface area contributed by atoms with Gasteiger partial charge in [0.2, 0.25) is 0 Å². The maximum Gasteiger partial charge on any atom is 0.491 e. The van der Waals surface area contributed by atoms with Crippen LogP contribution in [0.25, 0.3) is 6.08 Å². The molecule has 0 aromatic carbocycles. The van der Waals surface area contributed by atoms with Crippen LogP contribution in [0.3, 0.4) is 0 Å². The molecule has 0 radical (unpaired) electrons. The summed E-state index contributed by atoms with van der Waals surface area (Å²) < 4.78 is 12.2. The van der Waals surface area contributed by atoms with Crippen LogP contribution in [0.5, 0.6) is 0 Å². The van der Waals surface area contributed by atoms with E-state index in [0.29, 0.717) is 6.54 Å². The van der Waals surface area contributed by atoms with Gasteiger partial charge in [0.1, 0.15) is 0 Å². The summed E-state index contributed by atoms with van der Waals surface area (Å²) >= 11 is 1.46. The van der Waals surface area contributed by atoms with E-state index in [9.17, 15) is 4.79 Å². The molecule has 6 heteroatoms. The molecule has 0 bridgehead atoms. The third kappa shape index (κ3) is 3.45. The average molecular weight is 307 g/mol. The van der Waals surface area contributed by atoms with E-state index in [1.165, 1.54) is 11.3 Å². The zero-order valence-corrected chi connectivity index (χ0v) is 14.0. The Labute approximate surface area is 130 Å². The van der Waals surface area contributed by atoms with Gasteiger partial charge in [0, 0.05) is 11.4 Å². The van der Waals surface area contributed by atoms with Crippen molar-refractivity contribution in [2.75, 3.05) is 13.6 Å². The summed E-state index contributed by atoms with van der Waals surface area (Å²) in [7, 11) is 1.52. The second-order valence-corrected chi connectivity index (χ2v) is 7.34. The number of hydrogen-bond acceptors (Lipinski definition) is 5. The molecule has 0 atom stereocenters. The third-order valence-electron chi connectivity index (χ3n) is 4.03. The minimum atomic E-state index is -0.371. The zero-order valence-electron chi connectivity index (χ0n) is 13.2. The first kappa shape index (κ1) is 16.4. The number of thiophene rings is 1. The molecule has 1 aliphatic rings. The lowest BCUT2D eigenvalue weighted by Crippen LogP contribution is -2.41. The number of likely N-dealkylation sites (N-methyl/N-ethyl adjacent to an activating group) is 1. The fourth-order valence-corrected chi connectivity index (χ4v) is 2.90. The first-order valence-corrected chi connectivity index (χ1v) is 7.86. The smallest absolute Gasteiger partial charge is 0.400 e. The molecule has 1 aromatic rings. The topological polar surface area (TPSA) is 47.6 Å². The standard InChI is InChI=1S/C15H22BNO3S/c1-14(2)15(3,4)20-16(19-14)11(9-17-5)8-12-6-7-13(10-18)21-12/h6-8,10,17H,9H2,1-5H3. The molecule has 4 nitrogen and oxygen atoms in total. The molecule has 0 unspecified atom stereocenters. The highest BCUT2D eigenvalue weighted by Gasteiger charge is 2.52. The molecule has 2 rings (SSSR count). The van der Waals surface area contributed by atoms with Crippen LogP contribution < -0.4 is 5.32 Å². The van der Waals surface area contributed by atoms with Crippen molar-refractivity contribution in [3.8, 4) is 0 Å². The van der Waals surface area contributed by atoms with E-state index in [1.807, 2.05) is 53.0 Å². The molecular weight excluding hydrogens is 285 g/mol. The van der Waals surface area contributed by atoms with Crippen molar-refractivity contribution in [3.63, 3.8) is 0 Å². The molecule has 0 amide bonds. The average Bonchev–Trinajstić information content (AvgIpc) is 2.92. The highest BCUT2D eigenvalue weighted by atomic mass is 32.1. The third-order valence-corrected chi connectivity index (χ3v) is 4.99. The Kier molecular flexibility index (Phi) is 4.73. The Balaban J connectivity index is 2.26. The van der Waals surface area contributed by atoms with Crippen LogP contribution in [0.15, 0.2) is 17.6 Å². The van der Waals surface area contributed by atoms with Gasteiger partial charge in [-0.1, -0.05) is 0 Å². The monoisotopic (exact) mass is 307 g/mol. The van der Waals surface area contributed by atoms with Crippen molar-refractivity contribution >= 4 is 30.8 Å². The van der Waals surface area contributed by atoms with Crippen LogP contribution in [0, 0.1) is 0 Å². The number of hydrogen-bond donors (Lipinski definition) is 1. The van der Waals surface area contributed by atoms with Gasteiger partial charge in [0.05, 0.1) is 16.1 Å². The summed E-state index contributed by atoms with van der Waals surface area (Å²) in [5, 5.41) is 3.15. The van der Waals surface area contributed by atoms with E-state index in [0.717, 1.165) is 21.5 Å². The van der Waals surface area contributed by atoms with Crippen LogP contribution in [-0.2, 0) is 9.31 Å². The van der Waals surface area contributed by atoms with Crippen molar-refractivity contribution in [1.29, 1.82) is 0 Å². The van der Waals surface area contributed by atoms with Crippen LogP contribution in [0.1, 0.15) is 42.2 Å². The van der Waals surface area contributed by atoms with Crippen molar-refractivity contribution in [3.05, 3.63) is 27.4 Å². The number of rotatable bonds is 5. The molecule has 1 aromatic heterocycles. The van der Waals surface area contributed by atoms with Crippen LogP contribution in [0.4, 0.5) is 0 Å². The van der Waals surface area contributed by atoms with Crippen LogP contribution >= 0.6 is 11.3 Å². The molecule has 1 aliphatic heterocycles. The van der Waals surface area contributed by atoms with Crippen molar-refractivity contribution in [1.82, 2.24) is 5.32 Å². The molecule has 0 aliphatic carbocycles. The Morgan fingerprint density at radius 3 is 2.29 bits per heavy atom. The predicted molar refractivity (Wildman–Crippen MR) is 87.7 cm³/mol. The highest BCUT2D eigenvalue weighted by molar-refractivity contribution is 7.14. The molecule has 1 saturated heterocycles. The van der Waals surface area contributed by atoms with Crippen molar-refractivity contribution in [2.45, 2.75) is 38.9 Å². The molecule has 21 heavy (non-hydrogen) atoms. The van der Waals surface area contributed by atoms with Crippen LogP contribution in [0.2, 0.25) is 0 Å². The van der Waals surface area contributed by atoms with Gasteiger partial charge < -0.3 is 14.6 Å². The van der Waals surface area contributed by atoms with Crippen molar-refractivity contribution in [2.24, 2.45) is 0 Å². The largest absolute Gasteiger partial charge is 0.491 e. The van der Waals surface area contributed by atoms with E-state index < -0.39 is 0 Å². The summed E-state index contributed by atoms with van der Waals surface area (Å²) in [5.74, 6) is 0. The summed E-state index contributed by atoms with van der Waals surface area (Å²) in [6.07, 6.45) is 2.91. The lowest BCUT2D eigenvalue weighted by Gasteiger charge is -2.32. The molecule has 114 valence electrons. The van der Waals surface area contributed by atoms with Crippen molar-refractivity contribution < 1.29 is 14.1 Å². The molecule has 1 N–H and O–H groups in total. The molecule has 1 fully saturated rings. The first-order valence-electron chi connectivity index (χ1n) is 7.05. The minimum Gasteiger partial charge on any atom is -0.400 e. The van der Waals surface area contributed by atoms with Gasteiger partial charge in [-0.2, -0.15) is 0 Å². The number of aldehydes is 1. The molecular formula is C15H22BNO3S. The van der Waals surface area contributed by atoms with Gasteiger partial charge in [-0.05, 0) is 58.4 Å². The zero-order chi connectivity index (χ0) is 15.7. The Bertz CT molecular complexity index is 535. The van der Waals surface area contributed by atoms with E-state index in [4.69, 9.17) is 9.31 Å². The predicted octanol–water partition coefficient (Wildman–Crippen LogP) is 2.79. The maximum atomic E-state index is 10.8. The number of carbonyl (C=O) groups excluding carboxylic acids is 1. The summed E-state index contributed by atoms with van der Waals surface area (Å²) in [6, 6.07) is 3.76. The van der Waals surface area contributed by atoms with E-state index in [2.05, 4.69) is 5.32 Å². The lowest BCUT2D eigenvalue weighted by atomic mass is 9.77. The molecule has 0 spiro atoms. The Morgan fingerprint density at radius 1 is 1.24 bits per heavy atom. The minimum absolute atomic E-state index is 0.353. The van der Waals surface area contributed by atoms with Gasteiger partial charge in [-0.25, -0.2) is 0 Å². The fourth-order valence-electron chi connectivity index (χ4n) is 2.09. The van der Waals surface area contributed by atoms with E-state index >= 15 is 0 Å². The van der Waals surface area contributed by atoms with Gasteiger partial charge in [-0.3, -0.25) is 4.79 Å². The number of nitrogens with one attached hydrogen (secondary N) is 1. The normalized spacial score (nSPS) is 20.8. The summed E-state index contributed by atoms with van der Waals surface area (Å²) in [6.45, 7) is 8.84. The quantitative estimate of drug-likeness (QED) is 0.671. The Hall–Kier alpha value is -0.945. The van der Waals surface area contributed by atoms with Gasteiger partial charge in [0.25, 0.3) is 0 Å². The lowest BCUT2D eigenvalue weighted by molar-refractivity contribution is 0.00578. The highest BCUT2D eigenvalue weighted by Crippen LogP contribution is 2.38. The molecule has 2 heterocycles. The fraction of sp³-hybridized carbons (Fsp3) is 0.533. The SMILES string of the molecule is CNCC(=Cc1ccc(C=O)s1)B1OC(C)(C)C(C)(C)O1. The van der Waals surface area contributed by atoms with E-state index in [-0.39, 0.29) is 18.3 Å². The second kappa shape index (κ2) is 6.05. The maximum absolute atomic E-state index is 10.8. The van der Waals surface area contributed by atoms with Crippen LogP contribution in [-0.4, -0.2) is 38.2 Å². The second-order valence-electron chi connectivity index (χ2n) is 6.20. The summed E-state index contributed by atoms with van der Waals surface area (Å²) in [5.41, 5.74) is 0.317. The van der Waals surface area contributed by atoms with E-state index in [1.54, 1.807) is 0 Å². The van der Waals surface area contributed by atoms with Gasteiger partial charge in [0.15, 0.2) is 6.29 Å². The first-order chi connectivity index (χ1) is 9.79. The van der Waals surface area contributed by atoms with Gasteiger partial charge >= 0.3 is 7.12 Å².